The van der Waals surface area contributed by atoms with Gasteiger partial charge in [-0.1, -0.05) is 52.4 Å². The lowest BCUT2D eigenvalue weighted by Gasteiger charge is -2.40. The predicted octanol–water partition coefficient (Wildman–Crippen LogP) is 6.27. The van der Waals surface area contributed by atoms with Gasteiger partial charge in [-0.15, -0.1) is 0 Å². The summed E-state index contributed by atoms with van der Waals surface area (Å²) in [5.74, 6) is 0.0471. The van der Waals surface area contributed by atoms with Crippen molar-refractivity contribution in [3.63, 3.8) is 0 Å². The van der Waals surface area contributed by atoms with E-state index in [4.69, 9.17) is 14.2 Å². The van der Waals surface area contributed by atoms with Gasteiger partial charge in [0.2, 0.25) is 0 Å². The summed E-state index contributed by atoms with van der Waals surface area (Å²) in [5, 5.41) is 0. The fraction of sp³-hybridized carbons (Fsp3) is 1.00. The average Bonchev–Trinajstić information content (AvgIpc) is 2.73. The first-order valence-corrected chi connectivity index (χ1v) is 13.5. The molecule has 1 fully saturated rings. The molecule has 0 aromatic carbocycles. The summed E-state index contributed by atoms with van der Waals surface area (Å²) in [4.78, 5) is 5.35. The van der Waals surface area contributed by atoms with Crippen LogP contribution >= 0.6 is 0 Å². The van der Waals surface area contributed by atoms with Crippen molar-refractivity contribution in [1.82, 2.24) is 9.80 Å². The van der Waals surface area contributed by atoms with Crippen LogP contribution in [0.1, 0.15) is 105 Å². The first-order chi connectivity index (χ1) is 15.1. The summed E-state index contributed by atoms with van der Waals surface area (Å²) in [7, 11) is 0. The van der Waals surface area contributed by atoms with Gasteiger partial charge in [-0.25, -0.2) is 0 Å². The predicted molar refractivity (Wildman–Crippen MR) is 131 cm³/mol. The van der Waals surface area contributed by atoms with Crippen molar-refractivity contribution >= 4 is 0 Å². The van der Waals surface area contributed by atoms with Gasteiger partial charge in [-0.3, -0.25) is 9.80 Å². The van der Waals surface area contributed by atoms with Gasteiger partial charge in [0.25, 0.3) is 5.97 Å². The van der Waals surface area contributed by atoms with Crippen LogP contribution in [0.25, 0.3) is 0 Å². The van der Waals surface area contributed by atoms with Crippen molar-refractivity contribution in [3.05, 3.63) is 0 Å². The van der Waals surface area contributed by atoms with Crippen molar-refractivity contribution in [2.75, 3.05) is 52.7 Å². The van der Waals surface area contributed by atoms with Crippen molar-refractivity contribution in [2.24, 2.45) is 5.92 Å². The molecule has 186 valence electrons. The van der Waals surface area contributed by atoms with Crippen molar-refractivity contribution < 1.29 is 14.2 Å². The molecule has 5 nitrogen and oxygen atoms in total. The molecule has 0 N–H and O–H groups in total. The topological polar surface area (TPSA) is 34.2 Å². The molecule has 1 heterocycles. The molecule has 31 heavy (non-hydrogen) atoms. The second kappa shape index (κ2) is 18.3. The Kier molecular flexibility index (Phi) is 17.0. The van der Waals surface area contributed by atoms with E-state index in [1.165, 1.54) is 90.6 Å². The Morgan fingerprint density at radius 3 is 1.55 bits per heavy atom. The number of nitrogens with zero attached hydrogens (tertiary/aromatic N) is 2. The molecule has 0 aromatic heterocycles. The monoisotopic (exact) mass is 442 g/mol. The summed E-state index contributed by atoms with van der Waals surface area (Å²) in [5.41, 5.74) is 0. The van der Waals surface area contributed by atoms with Crippen LogP contribution in [-0.2, 0) is 14.2 Å². The Hall–Kier alpha value is -0.200. The van der Waals surface area contributed by atoms with Gasteiger partial charge in [-0.05, 0) is 65.5 Å². The van der Waals surface area contributed by atoms with Crippen molar-refractivity contribution in [3.8, 4) is 0 Å². The Morgan fingerprint density at radius 1 is 0.645 bits per heavy atom. The molecular formula is C26H54N2O3. The van der Waals surface area contributed by atoms with Crippen LogP contribution in [0, 0.1) is 5.92 Å². The van der Waals surface area contributed by atoms with Gasteiger partial charge in [0, 0.05) is 39.3 Å². The third-order valence-corrected chi connectivity index (χ3v) is 6.20. The average molecular weight is 443 g/mol. The van der Waals surface area contributed by atoms with E-state index in [9.17, 15) is 0 Å². The second-order valence-corrected chi connectivity index (χ2v) is 9.16. The zero-order chi connectivity index (χ0) is 22.8. The van der Waals surface area contributed by atoms with E-state index in [1.807, 2.05) is 20.8 Å². The van der Waals surface area contributed by atoms with Crippen LogP contribution in [0.3, 0.4) is 0 Å². The molecule has 0 amide bonds. The Morgan fingerprint density at radius 2 is 1.10 bits per heavy atom. The summed E-state index contributed by atoms with van der Waals surface area (Å²) >= 11 is 0. The SMILES string of the molecule is CCCN1CC(CCCCCCCCCC(OCC)(OCC)OCC)CN(CCC)C1. The first-order valence-electron chi connectivity index (χ1n) is 13.5. The first kappa shape index (κ1) is 28.8. The zero-order valence-corrected chi connectivity index (χ0v) is 21.6. The third kappa shape index (κ3) is 12.6. The highest BCUT2D eigenvalue weighted by atomic mass is 16.9. The van der Waals surface area contributed by atoms with Gasteiger partial charge in [0.15, 0.2) is 0 Å². The minimum atomic E-state index is -0.824. The van der Waals surface area contributed by atoms with E-state index >= 15 is 0 Å². The van der Waals surface area contributed by atoms with Gasteiger partial charge < -0.3 is 14.2 Å². The summed E-state index contributed by atoms with van der Waals surface area (Å²) in [6.07, 6.45) is 13.9. The van der Waals surface area contributed by atoms with Gasteiger partial charge in [0.1, 0.15) is 0 Å². The van der Waals surface area contributed by atoms with E-state index in [2.05, 4.69) is 23.6 Å². The number of ether oxygens (including phenoxy) is 3. The third-order valence-electron chi connectivity index (χ3n) is 6.20. The normalized spacial score (nSPS) is 16.9. The van der Waals surface area contributed by atoms with Crippen LogP contribution < -0.4 is 0 Å². The lowest BCUT2D eigenvalue weighted by atomic mass is 9.97. The van der Waals surface area contributed by atoms with Gasteiger partial charge in [0.05, 0.1) is 6.67 Å². The largest absolute Gasteiger partial charge is 0.328 e. The Labute approximate surface area is 194 Å². The number of rotatable bonds is 20. The van der Waals surface area contributed by atoms with Crippen LogP contribution in [-0.4, -0.2) is 68.4 Å². The molecule has 1 aliphatic rings. The van der Waals surface area contributed by atoms with E-state index in [-0.39, 0.29) is 0 Å². The molecule has 0 bridgehead atoms. The van der Waals surface area contributed by atoms with Crippen LogP contribution in [0.2, 0.25) is 0 Å². The number of hydrogen-bond donors (Lipinski definition) is 0. The standard InChI is InChI=1S/C26H54N2O3/c1-6-20-27-22-25(23-28(24-27)21-7-2)18-16-14-12-11-13-15-17-19-26(29-8-3,30-9-4)31-10-5/h25H,6-24H2,1-5H3. The molecule has 0 unspecified atom stereocenters. The molecule has 0 saturated carbocycles. The van der Waals surface area contributed by atoms with E-state index < -0.39 is 5.97 Å². The van der Waals surface area contributed by atoms with Crippen LogP contribution in [0.15, 0.2) is 0 Å². The molecule has 0 aromatic rings. The fourth-order valence-electron chi connectivity index (χ4n) is 4.99. The summed E-state index contributed by atoms with van der Waals surface area (Å²) < 4.78 is 17.5. The molecule has 0 atom stereocenters. The molecular weight excluding hydrogens is 388 g/mol. The highest BCUT2D eigenvalue weighted by Gasteiger charge is 2.31. The highest BCUT2D eigenvalue weighted by molar-refractivity contribution is 4.76. The molecule has 1 rings (SSSR count). The number of hydrogen-bond acceptors (Lipinski definition) is 5. The maximum atomic E-state index is 5.82. The quantitative estimate of drug-likeness (QED) is 0.164. The lowest BCUT2D eigenvalue weighted by Crippen LogP contribution is -2.49. The molecule has 1 saturated heterocycles. The smallest absolute Gasteiger partial charge is 0.282 e. The maximum Gasteiger partial charge on any atom is 0.282 e. The molecule has 0 radical (unpaired) electrons. The van der Waals surface area contributed by atoms with Crippen LogP contribution in [0.5, 0.6) is 0 Å². The van der Waals surface area contributed by atoms with Crippen LogP contribution in [0.4, 0.5) is 0 Å². The Bertz CT molecular complexity index is 377. The van der Waals surface area contributed by atoms with Gasteiger partial charge >= 0.3 is 0 Å². The molecule has 0 aliphatic carbocycles. The number of unbranched alkanes of at least 4 members (excludes halogenated alkanes) is 6. The minimum absolute atomic E-state index is 0.618. The summed E-state index contributed by atoms with van der Waals surface area (Å²) in [6.45, 7) is 18.8. The van der Waals surface area contributed by atoms with Crippen molar-refractivity contribution in [1.29, 1.82) is 0 Å². The fourth-order valence-corrected chi connectivity index (χ4v) is 4.99. The minimum Gasteiger partial charge on any atom is -0.328 e. The van der Waals surface area contributed by atoms with E-state index in [0.717, 1.165) is 18.8 Å². The lowest BCUT2D eigenvalue weighted by molar-refractivity contribution is -0.380. The molecule has 0 spiro atoms. The molecule has 5 heteroatoms. The summed E-state index contributed by atoms with van der Waals surface area (Å²) in [6, 6.07) is 0. The van der Waals surface area contributed by atoms with Gasteiger partial charge in [-0.2, -0.15) is 0 Å². The second-order valence-electron chi connectivity index (χ2n) is 9.16. The van der Waals surface area contributed by atoms with Crippen molar-refractivity contribution in [2.45, 2.75) is 111 Å². The Balaban J connectivity index is 2.14. The highest BCUT2D eigenvalue weighted by Crippen LogP contribution is 2.24. The zero-order valence-electron chi connectivity index (χ0n) is 21.6. The van der Waals surface area contributed by atoms with E-state index in [1.54, 1.807) is 0 Å². The van der Waals surface area contributed by atoms with E-state index in [0.29, 0.717) is 19.8 Å². The maximum absolute atomic E-state index is 5.82. The molecule has 1 aliphatic heterocycles.